The van der Waals surface area contributed by atoms with Gasteiger partial charge in [-0.05, 0) is 12.1 Å². The van der Waals surface area contributed by atoms with Crippen LogP contribution in [0.5, 0.6) is 0 Å². The Bertz CT molecular complexity index is 546. The smallest absolute Gasteiger partial charge is 0.339 e. The predicted octanol–water partition coefficient (Wildman–Crippen LogP) is 2.63. The fourth-order valence-electron chi connectivity index (χ4n) is 1.26. The summed E-state index contributed by atoms with van der Waals surface area (Å²) in [5.41, 5.74) is 0.349. The largest absolute Gasteiger partial charge is 0.478 e. The summed E-state index contributed by atoms with van der Waals surface area (Å²) in [5.74, 6) is -2.15. The van der Waals surface area contributed by atoms with E-state index >= 15 is 0 Å². The monoisotopic (exact) mass is 318 g/mol. The van der Waals surface area contributed by atoms with E-state index in [1.807, 2.05) is 0 Å². The van der Waals surface area contributed by atoms with Crippen molar-refractivity contribution in [2.75, 3.05) is 13.2 Å². The molecule has 0 unspecified atom stereocenters. The van der Waals surface area contributed by atoms with Gasteiger partial charge in [-0.3, -0.25) is 0 Å². The van der Waals surface area contributed by atoms with E-state index in [2.05, 4.69) is 19.7 Å². The minimum Gasteiger partial charge on any atom is -0.478 e. The summed E-state index contributed by atoms with van der Waals surface area (Å²) < 4.78 is 9.78. The number of ether oxygens (including phenoxy) is 2. The lowest BCUT2D eigenvalue weighted by molar-refractivity contribution is -0.131. The average Bonchev–Trinajstić information content (AvgIpc) is 2.57. The molecule has 23 heavy (non-hydrogen) atoms. The number of carboxylic acid groups (broad SMARTS) is 1. The summed E-state index contributed by atoms with van der Waals surface area (Å²) in [4.78, 5) is 32.7. The molecule has 1 aromatic carbocycles. The van der Waals surface area contributed by atoms with Gasteiger partial charge < -0.3 is 14.6 Å². The number of benzene rings is 1. The Balaban J connectivity index is 0.000000841. The Morgan fingerprint density at radius 1 is 0.913 bits per heavy atom. The Morgan fingerprint density at radius 2 is 1.26 bits per heavy atom. The van der Waals surface area contributed by atoms with Crippen molar-refractivity contribution in [2.24, 2.45) is 0 Å². The van der Waals surface area contributed by atoms with Crippen LogP contribution in [0.2, 0.25) is 0 Å². The van der Waals surface area contributed by atoms with Crippen molar-refractivity contribution in [2.45, 2.75) is 0 Å². The Hall–Kier alpha value is -3.15. The maximum Gasteiger partial charge on any atom is 0.339 e. The van der Waals surface area contributed by atoms with E-state index in [0.717, 1.165) is 6.08 Å². The third-order valence-electron chi connectivity index (χ3n) is 2.21. The van der Waals surface area contributed by atoms with E-state index in [4.69, 9.17) is 14.6 Å². The molecule has 0 fully saturated rings. The molecule has 0 aromatic heterocycles. The van der Waals surface area contributed by atoms with E-state index in [-0.39, 0.29) is 24.3 Å². The summed E-state index contributed by atoms with van der Waals surface area (Å²) in [6.07, 6.45) is 3.74. The fourth-order valence-corrected chi connectivity index (χ4v) is 1.26. The van der Waals surface area contributed by atoms with Gasteiger partial charge in [0.1, 0.15) is 13.2 Å². The lowest BCUT2D eigenvalue weighted by Gasteiger charge is -2.07. The van der Waals surface area contributed by atoms with Gasteiger partial charge in [-0.2, -0.15) is 0 Å². The number of esters is 2. The highest BCUT2D eigenvalue weighted by Crippen LogP contribution is 2.12. The summed E-state index contributed by atoms with van der Waals surface area (Å²) in [5, 5.41) is 7.60. The van der Waals surface area contributed by atoms with Crippen molar-refractivity contribution < 1.29 is 29.0 Å². The SMILES string of the molecule is C=CC(=O)O.C=CCOC(=O)c1ccccc1C(=O)OCC=C. The minimum atomic E-state index is -0.981. The normalized spacial score (nSPS) is 8.70. The molecule has 1 aromatic rings. The maximum absolute atomic E-state index is 11.7. The summed E-state index contributed by atoms with van der Waals surface area (Å²) in [7, 11) is 0. The molecule has 0 radical (unpaired) electrons. The minimum absolute atomic E-state index is 0.0921. The number of hydrogen-bond acceptors (Lipinski definition) is 5. The van der Waals surface area contributed by atoms with Crippen molar-refractivity contribution in [1.29, 1.82) is 0 Å². The van der Waals surface area contributed by atoms with Gasteiger partial charge in [-0.1, -0.05) is 44.0 Å². The second-order valence-electron chi connectivity index (χ2n) is 3.86. The Morgan fingerprint density at radius 3 is 1.52 bits per heavy atom. The molecule has 1 rings (SSSR count). The molecule has 1 N–H and O–H groups in total. The molecule has 6 heteroatoms. The molecule has 0 aliphatic carbocycles. The van der Waals surface area contributed by atoms with Crippen molar-refractivity contribution in [3.8, 4) is 0 Å². The number of carbonyl (C=O) groups is 3. The van der Waals surface area contributed by atoms with Gasteiger partial charge in [-0.25, -0.2) is 14.4 Å². The summed E-state index contributed by atoms with van der Waals surface area (Å²) in [6.45, 7) is 10.0. The molecular formula is C17H18O6. The van der Waals surface area contributed by atoms with Crippen LogP contribution in [0.1, 0.15) is 20.7 Å². The van der Waals surface area contributed by atoms with Crippen molar-refractivity contribution in [3.63, 3.8) is 0 Å². The van der Waals surface area contributed by atoms with Crippen LogP contribution >= 0.6 is 0 Å². The van der Waals surface area contributed by atoms with Gasteiger partial charge in [-0.15, -0.1) is 0 Å². The lowest BCUT2D eigenvalue weighted by atomic mass is 10.1. The molecule has 0 aliphatic heterocycles. The van der Waals surface area contributed by atoms with Crippen LogP contribution in [0, 0.1) is 0 Å². The van der Waals surface area contributed by atoms with Crippen LogP contribution in [-0.2, 0) is 14.3 Å². The van der Waals surface area contributed by atoms with E-state index in [9.17, 15) is 14.4 Å². The van der Waals surface area contributed by atoms with Gasteiger partial charge in [0.2, 0.25) is 0 Å². The van der Waals surface area contributed by atoms with E-state index in [1.165, 1.54) is 24.3 Å². The number of carboxylic acids is 1. The summed E-state index contributed by atoms with van der Waals surface area (Å²) >= 11 is 0. The number of rotatable bonds is 7. The highest BCUT2D eigenvalue weighted by atomic mass is 16.5. The second-order valence-corrected chi connectivity index (χ2v) is 3.86. The molecule has 0 atom stereocenters. The first-order valence-electron chi connectivity index (χ1n) is 6.48. The number of aliphatic carboxylic acids is 1. The molecule has 0 aliphatic rings. The molecule has 0 heterocycles. The van der Waals surface area contributed by atoms with Crippen LogP contribution in [0.4, 0.5) is 0 Å². The number of carbonyl (C=O) groups excluding carboxylic acids is 2. The van der Waals surface area contributed by atoms with Crippen molar-refractivity contribution >= 4 is 17.9 Å². The molecule has 0 saturated carbocycles. The molecule has 0 amide bonds. The zero-order valence-corrected chi connectivity index (χ0v) is 12.6. The first-order chi connectivity index (χ1) is 11.0. The van der Waals surface area contributed by atoms with E-state index in [0.29, 0.717) is 0 Å². The topological polar surface area (TPSA) is 89.9 Å². The molecule has 0 bridgehead atoms. The third kappa shape index (κ3) is 8.01. The quantitative estimate of drug-likeness (QED) is 0.472. The molecule has 6 nitrogen and oxygen atoms in total. The Kier molecular flexibility index (Phi) is 9.93. The first-order valence-corrected chi connectivity index (χ1v) is 6.48. The summed E-state index contributed by atoms with van der Waals surface area (Å²) in [6, 6.07) is 6.31. The molecular weight excluding hydrogens is 300 g/mol. The highest BCUT2D eigenvalue weighted by molar-refractivity contribution is 6.03. The molecule has 122 valence electrons. The van der Waals surface area contributed by atoms with Gasteiger partial charge >= 0.3 is 17.9 Å². The van der Waals surface area contributed by atoms with Gasteiger partial charge in [0.15, 0.2) is 0 Å². The van der Waals surface area contributed by atoms with Crippen LogP contribution in [0.15, 0.2) is 62.2 Å². The van der Waals surface area contributed by atoms with Crippen LogP contribution in [0.3, 0.4) is 0 Å². The third-order valence-corrected chi connectivity index (χ3v) is 2.21. The Labute approximate surface area is 134 Å². The standard InChI is InChI=1S/C14H14O4.C3H4O2/c1-3-9-17-13(15)11-7-5-6-8-12(11)14(16)18-10-4-2;1-2-3(4)5/h3-8H,1-2,9-10H2;2H,1H2,(H,4,5). The zero-order valence-electron chi connectivity index (χ0n) is 12.6. The fraction of sp³-hybridized carbons (Fsp3) is 0.118. The highest BCUT2D eigenvalue weighted by Gasteiger charge is 2.18. The second kappa shape index (κ2) is 11.5. The van der Waals surface area contributed by atoms with Crippen LogP contribution in [0.25, 0.3) is 0 Å². The van der Waals surface area contributed by atoms with Crippen molar-refractivity contribution in [1.82, 2.24) is 0 Å². The maximum atomic E-state index is 11.7. The first kappa shape index (κ1) is 19.9. The van der Waals surface area contributed by atoms with Gasteiger partial charge in [0.25, 0.3) is 0 Å². The average molecular weight is 318 g/mol. The van der Waals surface area contributed by atoms with Crippen LogP contribution in [-0.4, -0.2) is 36.2 Å². The van der Waals surface area contributed by atoms with Crippen molar-refractivity contribution in [3.05, 3.63) is 73.4 Å². The van der Waals surface area contributed by atoms with E-state index in [1.54, 1.807) is 12.1 Å². The molecule has 0 saturated heterocycles. The lowest BCUT2D eigenvalue weighted by Crippen LogP contribution is -2.14. The molecule has 0 spiro atoms. The van der Waals surface area contributed by atoms with E-state index < -0.39 is 17.9 Å². The van der Waals surface area contributed by atoms with Gasteiger partial charge in [0, 0.05) is 6.08 Å². The zero-order chi connectivity index (χ0) is 17.7. The van der Waals surface area contributed by atoms with Crippen LogP contribution < -0.4 is 0 Å². The predicted molar refractivity (Wildman–Crippen MR) is 85.2 cm³/mol. The van der Waals surface area contributed by atoms with Gasteiger partial charge in [0.05, 0.1) is 11.1 Å². The number of hydrogen-bond donors (Lipinski definition) is 1.